The van der Waals surface area contributed by atoms with Crippen LogP contribution in [0.4, 0.5) is 0 Å². The molecule has 0 aromatic rings. The third-order valence-electron chi connectivity index (χ3n) is 5.07. The topological polar surface area (TPSA) is 34.2 Å². The third-order valence-corrected chi connectivity index (χ3v) is 5.07. The molecule has 0 radical (unpaired) electrons. The highest BCUT2D eigenvalue weighted by Crippen LogP contribution is 2.28. The molecule has 5 nitrogen and oxygen atoms in total. The minimum Gasteiger partial charge on any atom is -0.330 e. The normalized spacial score (nSPS) is 19.2. The number of rotatable bonds is 12. The Kier molecular flexibility index (Phi) is 10.3. The van der Waals surface area contributed by atoms with Crippen LogP contribution in [0.3, 0.4) is 0 Å². The summed E-state index contributed by atoms with van der Waals surface area (Å²) >= 11 is 0. The lowest BCUT2D eigenvalue weighted by Gasteiger charge is -2.45. The van der Waals surface area contributed by atoms with Crippen molar-refractivity contribution in [3.05, 3.63) is 0 Å². The molecule has 1 aliphatic rings. The van der Waals surface area contributed by atoms with Crippen molar-refractivity contribution in [3.63, 3.8) is 0 Å². The first-order chi connectivity index (χ1) is 11.1. The van der Waals surface area contributed by atoms with Gasteiger partial charge in [0.05, 0.1) is 6.04 Å². The zero-order valence-corrected chi connectivity index (χ0v) is 16.0. The summed E-state index contributed by atoms with van der Waals surface area (Å²) < 4.78 is 17.0. The number of nitrogens with zero attached hydrogens (tertiary/aromatic N) is 2. The fourth-order valence-electron chi connectivity index (χ4n) is 3.49. The van der Waals surface area contributed by atoms with Crippen molar-refractivity contribution in [2.75, 3.05) is 54.6 Å². The molecule has 0 saturated carbocycles. The van der Waals surface area contributed by atoms with E-state index in [4.69, 9.17) is 14.2 Å². The highest BCUT2D eigenvalue weighted by atomic mass is 16.9. The Hall–Kier alpha value is -0.200. The maximum absolute atomic E-state index is 5.67. The van der Waals surface area contributed by atoms with Crippen LogP contribution >= 0.6 is 0 Å². The van der Waals surface area contributed by atoms with E-state index in [0.29, 0.717) is 0 Å². The molecule has 1 atom stereocenters. The molecule has 1 rings (SSSR count). The maximum atomic E-state index is 5.67. The first-order valence-electron chi connectivity index (χ1n) is 9.21. The third kappa shape index (κ3) is 6.31. The van der Waals surface area contributed by atoms with Gasteiger partial charge < -0.3 is 19.1 Å². The summed E-state index contributed by atoms with van der Waals surface area (Å²) in [4.78, 5) is 4.84. The minimum absolute atomic E-state index is 0.141. The molecule has 1 fully saturated rings. The van der Waals surface area contributed by atoms with E-state index in [2.05, 4.69) is 23.8 Å². The summed E-state index contributed by atoms with van der Waals surface area (Å²) in [7, 11) is 7.21. The summed E-state index contributed by atoms with van der Waals surface area (Å²) in [5.41, 5.74) is 0. The van der Waals surface area contributed by atoms with Crippen molar-refractivity contribution >= 4 is 0 Å². The quantitative estimate of drug-likeness (QED) is 0.406. The Morgan fingerprint density at radius 2 is 1.35 bits per heavy atom. The fraction of sp³-hybridized carbons (Fsp3) is 1.00. The second kappa shape index (κ2) is 11.4. The molecule has 0 spiro atoms. The minimum atomic E-state index is -0.959. The van der Waals surface area contributed by atoms with Crippen molar-refractivity contribution in [1.29, 1.82) is 0 Å². The predicted molar refractivity (Wildman–Crippen MR) is 94.6 cm³/mol. The van der Waals surface area contributed by atoms with Gasteiger partial charge >= 0.3 is 0 Å². The van der Waals surface area contributed by atoms with Crippen LogP contribution in [-0.2, 0) is 14.2 Å². The van der Waals surface area contributed by atoms with Crippen LogP contribution in [0.25, 0.3) is 0 Å². The zero-order chi connectivity index (χ0) is 17.1. The lowest BCUT2D eigenvalue weighted by atomic mass is 10.0. The van der Waals surface area contributed by atoms with Gasteiger partial charge in [0, 0.05) is 47.5 Å². The Labute approximate surface area is 143 Å². The second-order valence-corrected chi connectivity index (χ2v) is 6.63. The van der Waals surface area contributed by atoms with E-state index in [9.17, 15) is 0 Å². The Morgan fingerprint density at radius 1 is 0.826 bits per heavy atom. The van der Waals surface area contributed by atoms with E-state index in [-0.39, 0.29) is 6.04 Å². The lowest BCUT2D eigenvalue weighted by molar-refractivity contribution is -0.379. The Bertz CT molecular complexity index is 282. The van der Waals surface area contributed by atoms with Gasteiger partial charge in [0.25, 0.3) is 5.97 Å². The van der Waals surface area contributed by atoms with Crippen molar-refractivity contribution in [1.82, 2.24) is 9.80 Å². The molecule has 0 N–H and O–H groups in total. The predicted octanol–water partition coefficient (Wildman–Crippen LogP) is 2.95. The van der Waals surface area contributed by atoms with Gasteiger partial charge in [0.15, 0.2) is 0 Å². The fourth-order valence-corrected chi connectivity index (χ4v) is 3.49. The van der Waals surface area contributed by atoms with Crippen molar-refractivity contribution in [2.24, 2.45) is 0 Å². The van der Waals surface area contributed by atoms with Crippen LogP contribution < -0.4 is 0 Å². The molecule has 1 saturated heterocycles. The van der Waals surface area contributed by atoms with E-state index in [1.807, 2.05) is 0 Å². The lowest BCUT2D eigenvalue weighted by Crippen LogP contribution is -2.60. The van der Waals surface area contributed by atoms with Crippen molar-refractivity contribution in [3.8, 4) is 0 Å². The van der Waals surface area contributed by atoms with E-state index >= 15 is 0 Å². The van der Waals surface area contributed by atoms with Crippen LogP contribution in [0.2, 0.25) is 0 Å². The Morgan fingerprint density at radius 3 is 1.87 bits per heavy atom. The molecule has 1 unspecified atom stereocenters. The summed E-state index contributed by atoms with van der Waals surface area (Å²) in [5.74, 6) is -0.959. The molecular formula is C18H38N2O3. The number of hydrogen-bond acceptors (Lipinski definition) is 5. The molecule has 1 aliphatic heterocycles. The van der Waals surface area contributed by atoms with E-state index in [0.717, 1.165) is 32.6 Å². The number of unbranched alkanes of at least 4 members (excludes halogenated alkanes) is 5. The highest BCUT2D eigenvalue weighted by Gasteiger charge is 2.43. The van der Waals surface area contributed by atoms with E-state index in [1.165, 1.54) is 38.5 Å². The summed E-state index contributed by atoms with van der Waals surface area (Å²) in [6.07, 6.45) is 8.83. The van der Waals surface area contributed by atoms with Gasteiger partial charge in [-0.1, -0.05) is 45.4 Å². The molecule has 0 aliphatic carbocycles. The van der Waals surface area contributed by atoms with Gasteiger partial charge in [-0.05, 0) is 13.5 Å². The average Bonchev–Trinajstić information content (AvgIpc) is 2.59. The van der Waals surface area contributed by atoms with Gasteiger partial charge in [0.1, 0.15) is 0 Å². The second-order valence-electron chi connectivity index (χ2n) is 6.63. The largest absolute Gasteiger partial charge is 0.330 e. The standard InChI is InChI=1S/C18H38N2O3/c1-6-7-8-9-10-11-12-17(18(21-3,22-4)23-5)20-15-13-19(2)14-16-20/h17H,6-16H2,1-5H3. The van der Waals surface area contributed by atoms with Gasteiger partial charge in [-0.25, -0.2) is 0 Å². The molecule has 5 heteroatoms. The van der Waals surface area contributed by atoms with Crippen LogP contribution in [0.5, 0.6) is 0 Å². The molecule has 0 aromatic carbocycles. The summed E-state index contributed by atoms with van der Waals surface area (Å²) in [5, 5.41) is 0. The van der Waals surface area contributed by atoms with Crippen LogP contribution in [0, 0.1) is 0 Å². The Balaban J connectivity index is 2.61. The van der Waals surface area contributed by atoms with Gasteiger partial charge in [-0.3, -0.25) is 4.90 Å². The van der Waals surface area contributed by atoms with Gasteiger partial charge in [-0.2, -0.15) is 0 Å². The van der Waals surface area contributed by atoms with Gasteiger partial charge in [0.2, 0.25) is 0 Å². The van der Waals surface area contributed by atoms with Crippen LogP contribution in [0.15, 0.2) is 0 Å². The van der Waals surface area contributed by atoms with Crippen LogP contribution in [-0.4, -0.2) is 76.4 Å². The number of likely N-dealkylation sites (N-methyl/N-ethyl adjacent to an activating group) is 1. The van der Waals surface area contributed by atoms with Crippen LogP contribution in [0.1, 0.15) is 51.9 Å². The van der Waals surface area contributed by atoms with E-state index < -0.39 is 5.97 Å². The average molecular weight is 331 g/mol. The number of methoxy groups -OCH3 is 3. The summed E-state index contributed by atoms with van der Waals surface area (Å²) in [6.45, 7) is 6.50. The number of piperazine rings is 1. The SMILES string of the molecule is CCCCCCCCC(N1CCN(C)CC1)C(OC)(OC)OC. The molecule has 138 valence electrons. The molecule has 1 heterocycles. The maximum Gasteiger partial charge on any atom is 0.298 e. The number of ether oxygens (including phenoxy) is 3. The summed E-state index contributed by atoms with van der Waals surface area (Å²) in [6, 6.07) is 0.141. The first-order valence-corrected chi connectivity index (χ1v) is 9.21. The van der Waals surface area contributed by atoms with E-state index in [1.54, 1.807) is 21.3 Å². The zero-order valence-electron chi connectivity index (χ0n) is 16.0. The molecule has 0 aromatic heterocycles. The smallest absolute Gasteiger partial charge is 0.298 e. The highest BCUT2D eigenvalue weighted by molar-refractivity contribution is 4.84. The molecule has 0 bridgehead atoms. The number of hydrogen-bond donors (Lipinski definition) is 0. The molecular weight excluding hydrogens is 292 g/mol. The molecule has 23 heavy (non-hydrogen) atoms. The first kappa shape index (κ1) is 20.8. The molecule has 0 amide bonds. The van der Waals surface area contributed by atoms with Crippen molar-refractivity contribution in [2.45, 2.75) is 63.9 Å². The van der Waals surface area contributed by atoms with Gasteiger partial charge in [-0.15, -0.1) is 0 Å². The van der Waals surface area contributed by atoms with Crippen molar-refractivity contribution < 1.29 is 14.2 Å². The monoisotopic (exact) mass is 330 g/mol.